The van der Waals surface area contributed by atoms with Gasteiger partial charge < -0.3 is 5.11 Å². The predicted molar refractivity (Wildman–Crippen MR) is 46.7 cm³/mol. The highest BCUT2D eigenvalue weighted by Gasteiger charge is 2.09. The van der Waals surface area contributed by atoms with E-state index in [1.165, 1.54) is 18.2 Å². The van der Waals surface area contributed by atoms with Gasteiger partial charge in [0.05, 0.1) is 6.10 Å². The molecule has 1 aromatic carbocycles. The molecule has 1 nitrogen and oxygen atoms in total. The van der Waals surface area contributed by atoms with Crippen molar-refractivity contribution in [2.75, 3.05) is 0 Å². The monoisotopic (exact) mass is 188 g/mol. The lowest BCUT2D eigenvalue weighted by Crippen LogP contribution is -1.96. The largest absolute Gasteiger partial charge is 0.388 e. The quantitative estimate of drug-likeness (QED) is 0.757. The van der Waals surface area contributed by atoms with E-state index in [0.29, 0.717) is 12.0 Å². The van der Waals surface area contributed by atoms with E-state index in [2.05, 4.69) is 0 Å². The first-order valence-electron chi connectivity index (χ1n) is 3.78. The summed E-state index contributed by atoms with van der Waals surface area (Å²) in [7, 11) is 0. The smallest absolute Gasteiger partial charge is 0.124 e. The van der Waals surface area contributed by atoms with Crippen molar-refractivity contribution < 1.29 is 9.50 Å². The Labute approximate surface area is 75.8 Å². The summed E-state index contributed by atoms with van der Waals surface area (Å²) in [6, 6.07) is 4.00. The molecule has 1 N–H and O–H groups in total. The topological polar surface area (TPSA) is 20.2 Å². The molecule has 0 heterocycles. The van der Waals surface area contributed by atoms with E-state index in [0.717, 1.165) is 0 Å². The molecule has 3 heteroatoms. The SMILES string of the molecule is CCC(O)c1ccc(F)cc1Cl. The molecule has 12 heavy (non-hydrogen) atoms. The number of hydrogen-bond donors (Lipinski definition) is 1. The van der Waals surface area contributed by atoms with Crippen molar-refractivity contribution in [2.24, 2.45) is 0 Å². The van der Waals surface area contributed by atoms with E-state index in [-0.39, 0.29) is 10.8 Å². The lowest BCUT2D eigenvalue weighted by atomic mass is 10.1. The van der Waals surface area contributed by atoms with Gasteiger partial charge in [-0.1, -0.05) is 24.6 Å². The van der Waals surface area contributed by atoms with E-state index in [1.54, 1.807) is 0 Å². The number of rotatable bonds is 2. The summed E-state index contributed by atoms with van der Waals surface area (Å²) in [5.74, 6) is -0.382. The van der Waals surface area contributed by atoms with Crippen LogP contribution in [0.2, 0.25) is 5.02 Å². The summed E-state index contributed by atoms with van der Waals surface area (Å²) in [6.07, 6.45) is -0.0242. The number of aliphatic hydroxyl groups excluding tert-OH is 1. The summed E-state index contributed by atoms with van der Waals surface area (Å²) < 4.78 is 12.5. The molecule has 0 radical (unpaired) electrons. The molecule has 0 aliphatic heterocycles. The van der Waals surface area contributed by atoms with Crippen LogP contribution in [-0.2, 0) is 0 Å². The maximum absolute atomic E-state index is 12.5. The van der Waals surface area contributed by atoms with Gasteiger partial charge in [0.15, 0.2) is 0 Å². The first-order chi connectivity index (χ1) is 5.65. The molecule has 1 unspecified atom stereocenters. The van der Waals surface area contributed by atoms with Crippen LogP contribution in [0.5, 0.6) is 0 Å². The van der Waals surface area contributed by atoms with Gasteiger partial charge in [-0.15, -0.1) is 0 Å². The maximum atomic E-state index is 12.5. The molecule has 0 bridgehead atoms. The van der Waals surface area contributed by atoms with Gasteiger partial charge in [0.1, 0.15) is 5.82 Å². The fourth-order valence-corrected chi connectivity index (χ4v) is 1.28. The zero-order chi connectivity index (χ0) is 9.14. The third kappa shape index (κ3) is 1.96. The van der Waals surface area contributed by atoms with E-state index >= 15 is 0 Å². The molecular weight excluding hydrogens is 179 g/mol. The van der Waals surface area contributed by atoms with Gasteiger partial charge in [-0.05, 0) is 24.1 Å². The minimum Gasteiger partial charge on any atom is -0.388 e. The zero-order valence-corrected chi connectivity index (χ0v) is 7.48. The molecule has 1 atom stereocenters. The van der Waals surface area contributed by atoms with Crippen molar-refractivity contribution in [3.8, 4) is 0 Å². The second kappa shape index (κ2) is 3.87. The van der Waals surface area contributed by atoms with Crippen molar-refractivity contribution in [3.05, 3.63) is 34.6 Å². The van der Waals surface area contributed by atoms with Crippen LogP contribution in [0.1, 0.15) is 25.0 Å². The van der Waals surface area contributed by atoms with Gasteiger partial charge >= 0.3 is 0 Å². The summed E-state index contributed by atoms with van der Waals surface area (Å²) in [5, 5.41) is 9.68. The average molecular weight is 189 g/mol. The Balaban J connectivity index is 3.01. The summed E-state index contributed by atoms with van der Waals surface area (Å²) in [4.78, 5) is 0. The number of benzene rings is 1. The van der Waals surface area contributed by atoms with Crippen molar-refractivity contribution in [1.82, 2.24) is 0 Å². The third-order valence-electron chi connectivity index (χ3n) is 1.71. The highest BCUT2D eigenvalue weighted by Crippen LogP contribution is 2.25. The van der Waals surface area contributed by atoms with Gasteiger partial charge in [0, 0.05) is 5.02 Å². The molecule has 0 saturated heterocycles. The zero-order valence-electron chi connectivity index (χ0n) is 6.72. The van der Waals surface area contributed by atoms with Crippen LogP contribution in [0.4, 0.5) is 4.39 Å². The number of halogens is 2. The second-order valence-electron chi connectivity index (χ2n) is 2.59. The van der Waals surface area contributed by atoms with Crippen LogP contribution in [0.25, 0.3) is 0 Å². The minimum absolute atomic E-state index is 0.282. The molecule has 1 aromatic rings. The molecule has 0 aliphatic carbocycles. The summed E-state index contributed by atoms with van der Waals surface area (Å²) in [6.45, 7) is 1.84. The van der Waals surface area contributed by atoms with Crippen molar-refractivity contribution in [3.63, 3.8) is 0 Å². The molecule has 0 spiro atoms. The minimum atomic E-state index is -0.599. The van der Waals surface area contributed by atoms with Crippen LogP contribution in [0, 0.1) is 5.82 Å². The molecule has 0 aromatic heterocycles. The lowest BCUT2D eigenvalue weighted by molar-refractivity contribution is 0.173. The molecule has 0 aliphatic rings. The van der Waals surface area contributed by atoms with E-state index in [1.807, 2.05) is 6.92 Å². The van der Waals surface area contributed by atoms with Crippen LogP contribution < -0.4 is 0 Å². The predicted octanol–water partition coefficient (Wildman–Crippen LogP) is 2.92. The fourth-order valence-electron chi connectivity index (χ4n) is 0.992. The Morgan fingerprint density at radius 3 is 2.75 bits per heavy atom. The standard InChI is InChI=1S/C9H10ClFO/c1-2-9(12)7-4-3-6(11)5-8(7)10/h3-5,9,12H,2H2,1H3. The van der Waals surface area contributed by atoms with Crippen LogP contribution >= 0.6 is 11.6 Å². The first-order valence-corrected chi connectivity index (χ1v) is 4.16. The molecule has 0 saturated carbocycles. The summed E-state index contributed by atoms with van der Waals surface area (Å²) >= 11 is 5.70. The van der Waals surface area contributed by atoms with Crippen molar-refractivity contribution >= 4 is 11.6 Å². The van der Waals surface area contributed by atoms with Crippen molar-refractivity contribution in [2.45, 2.75) is 19.4 Å². The van der Waals surface area contributed by atoms with Gasteiger partial charge in [0.2, 0.25) is 0 Å². The molecule has 1 rings (SSSR count). The van der Waals surface area contributed by atoms with E-state index < -0.39 is 6.10 Å². The van der Waals surface area contributed by atoms with Crippen LogP contribution in [0.3, 0.4) is 0 Å². The third-order valence-corrected chi connectivity index (χ3v) is 2.04. The van der Waals surface area contributed by atoms with Crippen LogP contribution in [-0.4, -0.2) is 5.11 Å². The van der Waals surface area contributed by atoms with Crippen molar-refractivity contribution in [1.29, 1.82) is 0 Å². The van der Waals surface area contributed by atoms with Gasteiger partial charge in [-0.25, -0.2) is 4.39 Å². The Morgan fingerprint density at radius 2 is 2.25 bits per heavy atom. The second-order valence-corrected chi connectivity index (χ2v) is 3.00. The van der Waals surface area contributed by atoms with E-state index in [4.69, 9.17) is 11.6 Å². The van der Waals surface area contributed by atoms with E-state index in [9.17, 15) is 9.50 Å². The number of aliphatic hydroxyl groups is 1. The Kier molecular flexibility index (Phi) is 3.06. The van der Waals surface area contributed by atoms with Gasteiger partial charge in [0.25, 0.3) is 0 Å². The molecule has 66 valence electrons. The highest BCUT2D eigenvalue weighted by molar-refractivity contribution is 6.31. The Bertz CT molecular complexity index is 275. The summed E-state index contributed by atoms with van der Waals surface area (Å²) in [5.41, 5.74) is 0.584. The normalized spacial score (nSPS) is 13.0. The Morgan fingerprint density at radius 1 is 1.58 bits per heavy atom. The molecular formula is C9H10ClFO. The maximum Gasteiger partial charge on any atom is 0.124 e. The molecule has 0 amide bonds. The fraction of sp³-hybridized carbons (Fsp3) is 0.333. The van der Waals surface area contributed by atoms with Gasteiger partial charge in [-0.3, -0.25) is 0 Å². The lowest BCUT2D eigenvalue weighted by Gasteiger charge is -2.09. The Hall–Kier alpha value is -0.600. The molecule has 0 fully saturated rings. The van der Waals surface area contributed by atoms with Gasteiger partial charge in [-0.2, -0.15) is 0 Å². The first kappa shape index (κ1) is 9.49. The average Bonchev–Trinajstić information content (AvgIpc) is 2.03. The highest BCUT2D eigenvalue weighted by atomic mass is 35.5. The van der Waals surface area contributed by atoms with Crippen LogP contribution in [0.15, 0.2) is 18.2 Å². The number of hydrogen-bond acceptors (Lipinski definition) is 1.